The maximum atomic E-state index is 12.3. The van der Waals surface area contributed by atoms with E-state index in [0.29, 0.717) is 18.0 Å². The average Bonchev–Trinajstić information content (AvgIpc) is 2.79. The Morgan fingerprint density at radius 2 is 1.61 bits per heavy atom. The van der Waals surface area contributed by atoms with Crippen molar-refractivity contribution in [3.63, 3.8) is 0 Å². The summed E-state index contributed by atoms with van der Waals surface area (Å²) in [6.07, 6.45) is 2.04. The van der Waals surface area contributed by atoms with Crippen LogP contribution in [-0.2, 0) is 20.9 Å². The molecule has 0 aliphatic rings. The summed E-state index contributed by atoms with van der Waals surface area (Å²) in [6.45, 7) is 3.99. The Labute approximate surface area is 182 Å². The number of carbonyl (C=O) groups excluding carboxylic acids is 2. The Kier molecular flexibility index (Phi) is 7.60. The minimum absolute atomic E-state index is 0.407. The Morgan fingerprint density at radius 1 is 0.935 bits per heavy atom. The van der Waals surface area contributed by atoms with Gasteiger partial charge in [0.25, 0.3) is 5.91 Å². The molecule has 1 atom stereocenters. The first-order valence-corrected chi connectivity index (χ1v) is 10.0. The van der Waals surface area contributed by atoms with Crippen molar-refractivity contribution < 1.29 is 19.1 Å². The smallest absolute Gasteiger partial charge is 0.331 e. The molecule has 0 aliphatic heterocycles. The normalized spacial score (nSPS) is 11.7. The number of hydrogen-bond acceptors (Lipinski definition) is 4. The van der Waals surface area contributed by atoms with Crippen LogP contribution in [-0.4, -0.2) is 18.0 Å². The van der Waals surface area contributed by atoms with Crippen LogP contribution in [0.4, 0.5) is 5.69 Å². The van der Waals surface area contributed by atoms with Gasteiger partial charge in [-0.15, -0.1) is 0 Å². The zero-order valence-corrected chi connectivity index (χ0v) is 17.6. The fraction of sp³-hybridized carbons (Fsp3) is 0.154. The van der Waals surface area contributed by atoms with Crippen molar-refractivity contribution in [1.82, 2.24) is 0 Å². The molecule has 1 N–H and O–H groups in total. The van der Waals surface area contributed by atoms with Crippen LogP contribution in [0.15, 0.2) is 84.9 Å². The second-order valence-corrected chi connectivity index (χ2v) is 7.11. The summed E-state index contributed by atoms with van der Waals surface area (Å²) in [4.78, 5) is 24.3. The summed E-state index contributed by atoms with van der Waals surface area (Å²) in [5, 5.41) is 2.73. The first kappa shape index (κ1) is 21.8. The van der Waals surface area contributed by atoms with Gasteiger partial charge in [-0.25, -0.2) is 4.79 Å². The van der Waals surface area contributed by atoms with Crippen LogP contribution >= 0.6 is 0 Å². The van der Waals surface area contributed by atoms with Crippen molar-refractivity contribution in [1.29, 1.82) is 0 Å². The van der Waals surface area contributed by atoms with Crippen LogP contribution in [0, 0.1) is 6.92 Å². The van der Waals surface area contributed by atoms with Crippen LogP contribution in [0.2, 0.25) is 0 Å². The molecule has 31 heavy (non-hydrogen) atoms. The Bertz CT molecular complexity index is 1030. The summed E-state index contributed by atoms with van der Waals surface area (Å²) < 4.78 is 10.9. The topological polar surface area (TPSA) is 64.6 Å². The second-order valence-electron chi connectivity index (χ2n) is 7.11. The van der Waals surface area contributed by atoms with Crippen LogP contribution in [0.25, 0.3) is 6.08 Å². The molecule has 0 radical (unpaired) electrons. The van der Waals surface area contributed by atoms with Crippen LogP contribution in [0.1, 0.15) is 23.6 Å². The summed E-state index contributed by atoms with van der Waals surface area (Å²) in [5.74, 6) is -0.287. The quantitative estimate of drug-likeness (QED) is 0.408. The molecule has 3 aromatic carbocycles. The van der Waals surface area contributed by atoms with Gasteiger partial charge >= 0.3 is 5.97 Å². The molecular formula is C26H25NO4. The zero-order valence-electron chi connectivity index (χ0n) is 17.6. The highest BCUT2D eigenvalue weighted by Gasteiger charge is 2.16. The fourth-order valence-corrected chi connectivity index (χ4v) is 2.73. The predicted molar refractivity (Wildman–Crippen MR) is 122 cm³/mol. The maximum absolute atomic E-state index is 12.3. The van der Waals surface area contributed by atoms with E-state index in [9.17, 15) is 9.59 Å². The largest absolute Gasteiger partial charge is 0.489 e. The number of aryl methyl sites for hydroxylation is 1. The van der Waals surface area contributed by atoms with Crippen molar-refractivity contribution >= 4 is 23.6 Å². The lowest BCUT2D eigenvalue weighted by Gasteiger charge is -2.13. The predicted octanol–water partition coefficient (Wildman–Crippen LogP) is 5.16. The van der Waals surface area contributed by atoms with Gasteiger partial charge in [0.15, 0.2) is 6.10 Å². The molecule has 0 spiro atoms. The lowest BCUT2D eigenvalue weighted by atomic mass is 10.1. The Balaban J connectivity index is 1.46. The minimum atomic E-state index is -0.927. The van der Waals surface area contributed by atoms with Crippen molar-refractivity contribution in [2.45, 2.75) is 26.6 Å². The monoisotopic (exact) mass is 415 g/mol. The molecule has 0 saturated heterocycles. The molecule has 0 unspecified atom stereocenters. The van der Waals surface area contributed by atoms with E-state index in [1.54, 1.807) is 30.3 Å². The van der Waals surface area contributed by atoms with Gasteiger partial charge in [-0.3, -0.25) is 4.79 Å². The molecular weight excluding hydrogens is 390 g/mol. The van der Waals surface area contributed by atoms with E-state index in [1.165, 1.54) is 13.0 Å². The van der Waals surface area contributed by atoms with Gasteiger partial charge in [-0.2, -0.15) is 0 Å². The van der Waals surface area contributed by atoms with Gasteiger partial charge in [0, 0.05) is 11.8 Å². The Morgan fingerprint density at radius 3 is 2.29 bits per heavy atom. The van der Waals surface area contributed by atoms with E-state index >= 15 is 0 Å². The van der Waals surface area contributed by atoms with E-state index in [-0.39, 0.29) is 0 Å². The number of anilines is 1. The maximum Gasteiger partial charge on any atom is 0.331 e. The molecule has 158 valence electrons. The number of rotatable bonds is 8. The van der Waals surface area contributed by atoms with E-state index in [0.717, 1.165) is 16.7 Å². The average molecular weight is 415 g/mol. The third-order valence-corrected chi connectivity index (χ3v) is 4.52. The molecule has 1 amide bonds. The standard InChI is InChI=1S/C26H25NO4/c1-19-8-10-21(11-9-19)12-17-25(28)31-20(2)26(29)27-23-13-15-24(16-14-23)30-18-22-6-4-3-5-7-22/h3-17,20H,18H2,1-2H3,(H,27,29)/b17-12+/t20-/m1/s1. The van der Waals surface area contributed by atoms with Crippen molar-refractivity contribution in [3.8, 4) is 5.75 Å². The molecule has 0 fully saturated rings. The van der Waals surface area contributed by atoms with E-state index in [1.807, 2.05) is 61.5 Å². The van der Waals surface area contributed by atoms with E-state index in [2.05, 4.69) is 5.32 Å². The fourth-order valence-electron chi connectivity index (χ4n) is 2.73. The highest BCUT2D eigenvalue weighted by molar-refractivity contribution is 5.96. The van der Waals surface area contributed by atoms with Gasteiger partial charge in [0.2, 0.25) is 0 Å². The number of esters is 1. The lowest BCUT2D eigenvalue weighted by molar-refractivity contribution is -0.148. The molecule has 0 saturated carbocycles. The Hall–Kier alpha value is -3.86. The molecule has 0 aromatic heterocycles. The number of amides is 1. The first-order valence-electron chi connectivity index (χ1n) is 10.0. The number of benzene rings is 3. The highest BCUT2D eigenvalue weighted by atomic mass is 16.5. The van der Waals surface area contributed by atoms with Gasteiger partial charge < -0.3 is 14.8 Å². The third kappa shape index (κ3) is 7.16. The molecule has 0 heterocycles. The molecule has 3 aromatic rings. The summed E-state index contributed by atoms with van der Waals surface area (Å²) in [7, 11) is 0. The van der Waals surface area contributed by atoms with Gasteiger partial charge in [0.1, 0.15) is 12.4 Å². The summed E-state index contributed by atoms with van der Waals surface area (Å²) >= 11 is 0. The number of carbonyl (C=O) groups is 2. The van der Waals surface area contributed by atoms with Crippen molar-refractivity contribution in [3.05, 3.63) is 102 Å². The molecule has 0 aliphatic carbocycles. The summed E-state index contributed by atoms with van der Waals surface area (Å²) in [6, 6.07) is 24.6. The van der Waals surface area contributed by atoms with Gasteiger partial charge in [-0.1, -0.05) is 60.2 Å². The van der Waals surface area contributed by atoms with E-state index in [4.69, 9.17) is 9.47 Å². The molecule has 3 rings (SSSR count). The van der Waals surface area contributed by atoms with Crippen LogP contribution in [0.5, 0.6) is 5.75 Å². The van der Waals surface area contributed by atoms with Crippen LogP contribution < -0.4 is 10.1 Å². The van der Waals surface area contributed by atoms with Crippen molar-refractivity contribution in [2.75, 3.05) is 5.32 Å². The number of ether oxygens (including phenoxy) is 2. The molecule has 0 bridgehead atoms. The number of nitrogens with one attached hydrogen (secondary N) is 1. The van der Waals surface area contributed by atoms with E-state index < -0.39 is 18.0 Å². The summed E-state index contributed by atoms with van der Waals surface area (Å²) in [5.41, 5.74) is 3.69. The second kappa shape index (κ2) is 10.8. The van der Waals surface area contributed by atoms with Gasteiger partial charge in [-0.05, 0) is 55.3 Å². The minimum Gasteiger partial charge on any atom is -0.489 e. The third-order valence-electron chi connectivity index (χ3n) is 4.52. The molecule has 5 heteroatoms. The number of hydrogen-bond donors (Lipinski definition) is 1. The van der Waals surface area contributed by atoms with Crippen LogP contribution in [0.3, 0.4) is 0 Å². The lowest BCUT2D eigenvalue weighted by Crippen LogP contribution is -2.29. The SMILES string of the molecule is Cc1ccc(/C=C/C(=O)O[C@H](C)C(=O)Nc2ccc(OCc3ccccc3)cc2)cc1. The first-order chi connectivity index (χ1) is 15.0. The van der Waals surface area contributed by atoms with Gasteiger partial charge in [0.05, 0.1) is 0 Å². The van der Waals surface area contributed by atoms with Crippen molar-refractivity contribution in [2.24, 2.45) is 0 Å². The zero-order chi connectivity index (χ0) is 22.1. The molecule has 5 nitrogen and oxygen atoms in total. The highest BCUT2D eigenvalue weighted by Crippen LogP contribution is 2.17.